The van der Waals surface area contributed by atoms with Crippen LogP contribution in [0.4, 0.5) is 10.5 Å². The first kappa shape index (κ1) is 24.9. The van der Waals surface area contributed by atoms with E-state index in [1.54, 1.807) is 19.9 Å². The zero-order chi connectivity index (χ0) is 24.9. The third kappa shape index (κ3) is 5.55. The summed E-state index contributed by atoms with van der Waals surface area (Å²) in [6.45, 7) is 5.76. The number of rotatable bonds is 8. The number of amides is 1. The van der Waals surface area contributed by atoms with Gasteiger partial charge >= 0.3 is 6.09 Å². The van der Waals surface area contributed by atoms with E-state index >= 15 is 0 Å². The summed E-state index contributed by atoms with van der Waals surface area (Å²) in [4.78, 5) is 13.7. The van der Waals surface area contributed by atoms with Crippen molar-refractivity contribution in [2.75, 3.05) is 4.90 Å². The molecule has 2 atom stereocenters. The largest absolute Gasteiger partial charge is 0.465 e. The molecule has 0 spiro atoms. The summed E-state index contributed by atoms with van der Waals surface area (Å²) in [7, 11) is 0. The zero-order valence-corrected chi connectivity index (χ0v) is 21.4. The van der Waals surface area contributed by atoms with Crippen molar-refractivity contribution in [1.29, 1.82) is 0 Å². The molecule has 7 heteroatoms. The van der Waals surface area contributed by atoms with E-state index in [4.69, 9.17) is 16.1 Å². The number of nitrogens with zero attached hydrogens (tertiary/aromatic N) is 2. The number of benzene rings is 3. The van der Waals surface area contributed by atoms with Crippen LogP contribution in [0.2, 0.25) is 5.02 Å². The minimum Gasteiger partial charge on any atom is -0.465 e. The minimum atomic E-state index is -1.10. The molecule has 180 valence electrons. The van der Waals surface area contributed by atoms with Gasteiger partial charge in [0, 0.05) is 21.6 Å². The predicted octanol–water partition coefficient (Wildman–Crippen LogP) is 8.54. The van der Waals surface area contributed by atoms with E-state index in [9.17, 15) is 9.90 Å². The van der Waals surface area contributed by atoms with Crippen molar-refractivity contribution in [3.63, 3.8) is 0 Å². The summed E-state index contributed by atoms with van der Waals surface area (Å²) >= 11 is 8.24. The third-order valence-electron chi connectivity index (χ3n) is 6.01. The molecule has 1 aromatic heterocycles. The first-order chi connectivity index (χ1) is 16.9. The third-order valence-corrected chi connectivity index (χ3v) is 7.62. The van der Waals surface area contributed by atoms with Crippen molar-refractivity contribution in [3.8, 4) is 11.3 Å². The normalized spacial score (nSPS) is 12.8. The van der Waals surface area contributed by atoms with Gasteiger partial charge in [0.25, 0.3) is 0 Å². The lowest BCUT2D eigenvalue weighted by molar-refractivity contribution is 0.199. The van der Waals surface area contributed by atoms with E-state index < -0.39 is 12.1 Å². The average molecular weight is 507 g/mol. The van der Waals surface area contributed by atoms with Gasteiger partial charge in [0.05, 0.1) is 6.04 Å². The molecule has 5 nitrogen and oxygen atoms in total. The van der Waals surface area contributed by atoms with Gasteiger partial charge < -0.3 is 9.63 Å². The highest BCUT2D eigenvalue weighted by Crippen LogP contribution is 2.40. The van der Waals surface area contributed by atoms with Gasteiger partial charge in [-0.05, 0) is 43.5 Å². The second-order valence-electron chi connectivity index (χ2n) is 8.36. The number of anilines is 1. The van der Waals surface area contributed by atoms with Crippen LogP contribution in [-0.4, -0.2) is 16.4 Å². The molecular formula is C28H27ClN2O3S. The maximum Gasteiger partial charge on any atom is 0.412 e. The fourth-order valence-electron chi connectivity index (χ4n) is 4.04. The fraction of sp³-hybridized carbons (Fsp3) is 0.214. The number of carbonyl (C=O) groups is 1. The van der Waals surface area contributed by atoms with Gasteiger partial charge in [0.1, 0.15) is 11.4 Å². The standard InChI is InChI=1S/C28H27ClN2O3S/c1-18-26(31(28(32)33)19(2)24-11-7-8-12-25(24)29)27(34-30-18)23-15-13-21(14-16-23)17-35-20(3)22-9-5-4-6-10-22/h4-16,19-20H,17H2,1-3H3,(H,32,33). The molecule has 0 saturated heterocycles. The van der Waals surface area contributed by atoms with E-state index in [0.717, 1.165) is 11.3 Å². The van der Waals surface area contributed by atoms with E-state index in [-0.39, 0.29) is 0 Å². The molecule has 2 unspecified atom stereocenters. The van der Waals surface area contributed by atoms with Crippen molar-refractivity contribution < 1.29 is 14.4 Å². The van der Waals surface area contributed by atoms with Gasteiger partial charge in [-0.3, -0.25) is 4.90 Å². The highest BCUT2D eigenvalue weighted by Gasteiger charge is 2.31. The van der Waals surface area contributed by atoms with E-state index in [0.29, 0.717) is 33.0 Å². The number of carboxylic acid groups (broad SMARTS) is 1. The van der Waals surface area contributed by atoms with Crippen molar-refractivity contribution in [3.05, 3.63) is 106 Å². The first-order valence-electron chi connectivity index (χ1n) is 11.4. The van der Waals surface area contributed by atoms with Gasteiger partial charge in [-0.25, -0.2) is 4.79 Å². The Balaban J connectivity index is 1.57. The molecule has 1 heterocycles. The predicted molar refractivity (Wildman–Crippen MR) is 143 cm³/mol. The zero-order valence-electron chi connectivity index (χ0n) is 19.8. The maximum absolute atomic E-state index is 12.4. The molecule has 4 aromatic rings. The minimum absolute atomic E-state index is 0.384. The topological polar surface area (TPSA) is 66.6 Å². The fourth-order valence-corrected chi connectivity index (χ4v) is 5.32. The summed E-state index contributed by atoms with van der Waals surface area (Å²) in [5.41, 5.74) is 4.88. The Morgan fingerprint density at radius 3 is 2.34 bits per heavy atom. The Bertz CT molecular complexity index is 1290. The summed E-state index contributed by atoms with van der Waals surface area (Å²) in [5.74, 6) is 1.28. The number of aromatic nitrogens is 1. The van der Waals surface area contributed by atoms with Crippen molar-refractivity contribution in [2.24, 2.45) is 0 Å². The van der Waals surface area contributed by atoms with Crippen molar-refractivity contribution in [2.45, 2.75) is 37.8 Å². The monoisotopic (exact) mass is 506 g/mol. The lowest BCUT2D eigenvalue weighted by Gasteiger charge is -2.27. The molecule has 0 bridgehead atoms. The van der Waals surface area contributed by atoms with Crippen molar-refractivity contribution >= 4 is 35.1 Å². The first-order valence-corrected chi connectivity index (χ1v) is 12.8. The summed E-state index contributed by atoms with van der Waals surface area (Å²) in [5, 5.41) is 15.1. The molecule has 1 amide bonds. The molecule has 1 N–H and O–H groups in total. The molecule has 0 aliphatic heterocycles. The molecule has 0 saturated carbocycles. The van der Waals surface area contributed by atoms with Crippen LogP contribution in [-0.2, 0) is 5.75 Å². The lowest BCUT2D eigenvalue weighted by Crippen LogP contribution is -2.33. The van der Waals surface area contributed by atoms with Gasteiger partial charge in [-0.15, -0.1) is 11.8 Å². The van der Waals surface area contributed by atoms with Gasteiger partial charge in [0.2, 0.25) is 0 Å². The summed E-state index contributed by atoms with van der Waals surface area (Å²) in [6.07, 6.45) is -1.10. The average Bonchev–Trinajstić information content (AvgIpc) is 3.24. The smallest absolute Gasteiger partial charge is 0.412 e. The highest BCUT2D eigenvalue weighted by atomic mass is 35.5. The number of aryl methyl sites for hydroxylation is 1. The molecular weight excluding hydrogens is 480 g/mol. The Morgan fingerprint density at radius 2 is 1.69 bits per heavy atom. The van der Waals surface area contributed by atoms with Crippen LogP contribution in [0.25, 0.3) is 11.3 Å². The van der Waals surface area contributed by atoms with E-state index in [1.807, 2.05) is 60.3 Å². The number of hydrogen-bond donors (Lipinski definition) is 1. The van der Waals surface area contributed by atoms with Crippen LogP contribution in [0.15, 0.2) is 83.4 Å². The van der Waals surface area contributed by atoms with E-state index in [1.165, 1.54) is 16.0 Å². The van der Waals surface area contributed by atoms with Crippen LogP contribution in [0, 0.1) is 6.92 Å². The number of halogens is 1. The lowest BCUT2D eigenvalue weighted by atomic mass is 10.0. The molecule has 4 rings (SSSR count). The van der Waals surface area contributed by atoms with Gasteiger partial charge in [0.15, 0.2) is 5.76 Å². The van der Waals surface area contributed by atoms with Crippen LogP contribution < -0.4 is 4.90 Å². The Morgan fingerprint density at radius 1 is 1.03 bits per heavy atom. The number of thioether (sulfide) groups is 1. The van der Waals surface area contributed by atoms with E-state index in [2.05, 4.69) is 36.3 Å². The quantitative estimate of drug-likeness (QED) is 0.259. The van der Waals surface area contributed by atoms with Crippen LogP contribution >= 0.6 is 23.4 Å². The summed E-state index contributed by atoms with van der Waals surface area (Å²) in [6, 6.07) is 25.1. The number of hydrogen-bond acceptors (Lipinski definition) is 4. The molecule has 0 aliphatic carbocycles. The van der Waals surface area contributed by atoms with Crippen molar-refractivity contribution in [1.82, 2.24) is 5.16 Å². The van der Waals surface area contributed by atoms with Crippen LogP contribution in [0.1, 0.15) is 47.5 Å². The SMILES string of the molecule is Cc1noc(-c2ccc(CSC(C)c3ccccc3)cc2)c1N(C(=O)O)C(C)c1ccccc1Cl. The molecule has 0 radical (unpaired) electrons. The molecule has 35 heavy (non-hydrogen) atoms. The van der Waals surface area contributed by atoms with Gasteiger partial charge in [-0.2, -0.15) is 0 Å². The second-order valence-corrected chi connectivity index (χ2v) is 10.1. The molecule has 3 aromatic carbocycles. The summed E-state index contributed by atoms with van der Waals surface area (Å²) < 4.78 is 5.63. The Hall–Kier alpha value is -3.22. The molecule has 0 fully saturated rings. The van der Waals surface area contributed by atoms with Crippen LogP contribution in [0.5, 0.6) is 0 Å². The van der Waals surface area contributed by atoms with Crippen LogP contribution in [0.3, 0.4) is 0 Å². The Labute approximate surface area is 214 Å². The van der Waals surface area contributed by atoms with Gasteiger partial charge in [-0.1, -0.05) is 89.6 Å². The Kier molecular flexibility index (Phi) is 7.83. The maximum atomic E-state index is 12.4. The second kappa shape index (κ2) is 11.0. The molecule has 0 aliphatic rings. The highest BCUT2D eigenvalue weighted by molar-refractivity contribution is 7.98.